The van der Waals surface area contributed by atoms with E-state index in [0.29, 0.717) is 28.0 Å². The Morgan fingerprint density at radius 1 is 1.09 bits per heavy atom. The van der Waals surface area contributed by atoms with Gasteiger partial charge in [0.05, 0.1) is 30.9 Å². The second kappa shape index (κ2) is 11.4. The zero-order valence-corrected chi connectivity index (χ0v) is 21.2. The number of hydrogen-bond acceptors (Lipinski definition) is 9. The van der Waals surface area contributed by atoms with Crippen LogP contribution >= 0.6 is 11.6 Å². The summed E-state index contributed by atoms with van der Waals surface area (Å²) in [6.07, 6.45) is 2.08. The van der Waals surface area contributed by atoms with Crippen LogP contribution in [0.15, 0.2) is 30.6 Å². The molecule has 11 nitrogen and oxygen atoms in total. The van der Waals surface area contributed by atoms with Gasteiger partial charge in [-0.15, -0.1) is 10.2 Å². The van der Waals surface area contributed by atoms with Crippen molar-refractivity contribution in [2.45, 2.75) is 30.5 Å². The number of hydrogen-bond donors (Lipinski definition) is 0. The summed E-state index contributed by atoms with van der Waals surface area (Å²) >= 11 is 5.86. The van der Waals surface area contributed by atoms with Gasteiger partial charge in [-0.1, -0.05) is 17.7 Å². The number of methoxy groups -OCH3 is 3. The second-order valence-corrected chi connectivity index (χ2v) is 10.2. The van der Waals surface area contributed by atoms with Crippen molar-refractivity contribution < 1.29 is 22.6 Å². The SMILES string of the molecule is [C-]#[N+]CCc1nnc(CS(=O)(=O)[C@@H](C)[C@H](OC)c2ncc(Cl)cn2)n1-c1c(OC)cccc1OC. The number of halogens is 1. The van der Waals surface area contributed by atoms with E-state index in [-0.39, 0.29) is 24.6 Å². The molecule has 0 saturated carbocycles. The van der Waals surface area contributed by atoms with Crippen LogP contribution in [0.3, 0.4) is 0 Å². The van der Waals surface area contributed by atoms with Gasteiger partial charge >= 0.3 is 0 Å². The van der Waals surface area contributed by atoms with Gasteiger partial charge in [0.25, 0.3) is 0 Å². The minimum absolute atomic E-state index is 0.145. The fourth-order valence-corrected chi connectivity index (χ4v) is 5.07. The summed E-state index contributed by atoms with van der Waals surface area (Å²) in [6, 6.07) is 5.19. The van der Waals surface area contributed by atoms with E-state index >= 15 is 0 Å². The maximum absolute atomic E-state index is 13.5. The van der Waals surface area contributed by atoms with Crippen molar-refractivity contribution in [2.24, 2.45) is 0 Å². The van der Waals surface area contributed by atoms with Gasteiger partial charge in [-0.05, 0) is 19.1 Å². The number of para-hydroxylation sites is 1. The van der Waals surface area contributed by atoms with Gasteiger partial charge in [0.15, 0.2) is 21.5 Å². The van der Waals surface area contributed by atoms with Crippen molar-refractivity contribution in [3.63, 3.8) is 0 Å². The van der Waals surface area contributed by atoms with Crippen molar-refractivity contribution in [1.82, 2.24) is 24.7 Å². The van der Waals surface area contributed by atoms with E-state index in [1.165, 1.54) is 40.6 Å². The number of ether oxygens (including phenoxy) is 3. The summed E-state index contributed by atoms with van der Waals surface area (Å²) < 4.78 is 45.1. The molecule has 0 aliphatic heterocycles. The first kappa shape index (κ1) is 26.3. The van der Waals surface area contributed by atoms with Crippen LogP contribution in [0.4, 0.5) is 0 Å². The van der Waals surface area contributed by atoms with Crippen LogP contribution in [0.1, 0.15) is 30.5 Å². The molecule has 2 atom stereocenters. The summed E-state index contributed by atoms with van der Waals surface area (Å²) in [5.74, 6) is 1.15. The Morgan fingerprint density at radius 2 is 1.69 bits per heavy atom. The largest absolute Gasteiger partial charge is 0.494 e. The lowest BCUT2D eigenvalue weighted by Gasteiger charge is -2.22. The molecule has 1 aromatic carbocycles. The molecule has 0 amide bonds. The van der Waals surface area contributed by atoms with Gasteiger partial charge < -0.3 is 19.1 Å². The minimum Gasteiger partial charge on any atom is -0.494 e. The van der Waals surface area contributed by atoms with Crippen LogP contribution in [-0.2, 0) is 26.7 Å². The van der Waals surface area contributed by atoms with E-state index in [1.54, 1.807) is 22.8 Å². The van der Waals surface area contributed by atoms with E-state index in [0.717, 1.165) is 0 Å². The fourth-order valence-electron chi connectivity index (χ4n) is 3.55. The number of benzene rings is 1. The van der Waals surface area contributed by atoms with Crippen LogP contribution in [0.25, 0.3) is 10.5 Å². The average molecular weight is 521 g/mol. The third kappa shape index (κ3) is 5.70. The number of aromatic nitrogens is 5. The molecule has 2 aromatic heterocycles. The van der Waals surface area contributed by atoms with Gasteiger partial charge in [0.2, 0.25) is 6.54 Å². The molecule has 0 saturated heterocycles. The number of rotatable bonds is 11. The molecular formula is C22H25ClN6O5S. The van der Waals surface area contributed by atoms with Gasteiger partial charge in [-0.3, -0.25) is 4.57 Å². The molecule has 0 fully saturated rings. The minimum atomic E-state index is -3.86. The Labute approximate surface area is 208 Å². The molecule has 35 heavy (non-hydrogen) atoms. The van der Waals surface area contributed by atoms with Crippen LogP contribution < -0.4 is 9.47 Å². The highest BCUT2D eigenvalue weighted by Gasteiger charge is 2.35. The first-order valence-corrected chi connectivity index (χ1v) is 12.6. The van der Waals surface area contributed by atoms with Crippen molar-refractivity contribution in [2.75, 3.05) is 27.9 Å². The summed E-state index contributed by atoms with van der Waals surface area (Å²) in [7, 11) is 0.516. The molecule has 0 unspecified atom stereocenters. The highest BCUT2D eigenvalue weighted by atomic mass is 35.5. The monoisotopic (exact) mass is 520 g/mol. The van der Waals surface area contributed by atoms with Crippen LogP contribution in [0.5, 0.6) is 11.5 Å². The molecule has 186 valence electrons. The molecule has 0 spiro atoms. The normalized spacial score (nSPS) is 13.1. The lowest BCUT2D eigenvalue weighted by Crippen LogP contribution is -2.30. The molecule has 2 heterocycles. The first-order chi connectivity index (χ1) is 16.8. The van der Waals surface area contributed by atoms with Crippen molar-refractivity contribution in [3.8, 4) is 17.2 Å². The van der Waals surface area contributed by atoms with E-state index in [9.17, 15) is 8.42 Å². The Morgan fingerprint density at radius 3 is 2.23 bits per heavy atom. The van der Waals surface area contributed by atoms with Crippen LogP contribution in [0, 0.1) is 6.57 Å². The Hall–Kier alpha value is -3.27. The predicted molar refractivity (Wildman–Crippen MR) is 129 cm³/mol. The average Bonchev–Trinajstić information content (AvgIpc) is 3.24. The Balaban J connectivity index is 2.07. The van der Waals surface area contributed by atoms with E-state index in [1.807, 2.05) is 0 Å². The Bertz CT molecular complexity index is 1280. The molecular weight excluding hydrogens is 496 g/mol. The zero-order chi connectivity index (χ0) is 25.6. The maximum atomic E-state index is 13.5. The summed E-state index contributed by atoms with van der Waals surface area (Å²) in [6.45, 7) is 8.81. The molecule has 0 N–H and O–H groups in total. The van der Waals surface area contributed by atoms with Crippen molar-refractivity contribution in [1.29, 1.82) is 0 Å². The Kier molecular flexibility index (Phi) is 8.61. The summed E-state index contributed by atoms with van der Waals surface area (Å²) in [5.41, 5.74) is 0.449. The molecule has 3 aromatic rings. The maximum Gasteiger partial charge on any atom is 0.221 e. The molecule has 0 radical (unpaired) electrons. The quantitative estimate of drug-likeness (QED) is 0.351. The highest BCUT2D eigenvalue weighted by Crippen LogP contribution is 2.35. The van der Waals surface area contributed by atoms with Gasteiger partial charge in [-0.25, -0.2) is 25.0 Å². The molecule has 3 rings (SSSR count). The standard InChI is InChI=1S/C22H25ClN6O5S/c1-14(21(34-5)22-25-11-15(23)12-26-22)35(30,31)13-19-28-27-18(9-10-24-2)29(19)20-16(32-3)7-6-8-17(20)33-4/h6-8,11-12,14,21H,9-10,13H2,1,3-5H3/t14-,21-/m0/s1. The van der Waals surface area contributed by atoms with Crippen molar-refractivity contribution in [3.05, 3.63) is 64.5 Å². The predicted octanol–water partition coefficient (Wildman–Crippen LogP) is 2.88. The summed E-state index contributed by atoms with van der Waals surface area (Å²) in [5, 5.41) is 7.65. The van der Waals surface area contributed by atoms with Crippen LogP contribution in [-0.4, -0.2) is 66.3 Å². The summed E-state index contributed by atoms with van der Waals surface area (Å²) in [4.78, 5) is 11.6. The molecule has 0 bridgehead atoms. The van der Waals surface area contributed by atoms with Crippen molar-refractivity contribution >= 4 is 21.4 Å². The highest BCUT2D eigenvalue weighted by molar-refractivity contribution is 7.91. The zero-order valence-electron chi connectivity index (χ0n) is 19.7. The van der Waals surface area contributed by atoms with E-state index in [2.05, 4.69) is 25.0 Å². The van der Waals surface area contributed by atoms with E-state index in [4.69, 9.17) is 32.4 Å². The molecule has 0 aliphatic rings. The van der Waals surface area contributed by atoms with Gasteiger partial charge in [0, 0.05) is 19.5 Å². The van der Waals surface area contributed by atoms with Gasteiger partial charge in [-0.2, -0.15) is 0 Å². The number of nitrogens with zero attached hydrogens (tertiary/aromatic N) is 6. The smallest absolute Gasteiger partial charge is 0.221 e. The second-order valence-electron chi connectivity index (χ2n) is 7.44. The topological polar surface area (TPSA) is 123 Å². The van der Waals surface area contributed by atoms with Crippen LogP contribution in [0.2, 0.25) is 5.02 Å². The first-order valence-electron chi connectivity index (χ1n) is 10.5. The molecule has 13 heteroatoms. The van der Waals surface area contributed by atoms with Gasteiger partial charge in [0.1, 0.15) is 34.9 Å². The lowest BCUT2D eigenvalue weighted by atomic mass is 10.2. The third-order valence-corrected chi connectivity index (χ3v) is 7.58. The molecule has 0 aliphatic carbocycles. The lowest BCUT2D eigenvalue weighted by molar-refractivity contribution is 0.0948. The number of sulfone groups is 1. The fraction of sp³-hybridized carbons (Fsp3) is 0.409. The van der Waals surface area contributed by atoms with E-state index < -0.39 is 26.9 Å². The third-order valence-electron chi connectivity index (χ3n) is 5.34.